The van der Waals surface area contributed by atoms with Gasteiger partial charge in [-0.1, -0.05) is 0 Å². The third-order valence-corrected chi connectivity index (χ3v) is 4.07. The highest BCUT2D eigenvalue weighted by atomic mass is 32.2. The standard InChI is InChI=1S/C11H21N5S/c1-11(2,3)12-6-10-13-14-15-16(10)7-9-4-5-17-8-9/h9,12H,4-8H2,1-3H3. The molecule has 17 heavy (non-hydrogen) atoms. The lowest BCUT2D eigenvalue weighted by Gasteiger charge is -2.20. The highest BCUT2D eigenvalue weighted by Crippen LogP contribution is 2.24. The molecule has 1 unspecified atom stereocenters. The minimum absolute atomic E-state index is 0.0972. The van der Waals surface area contributed by atoms with E-state index in [0.717, 1.165) is 24.8 Å². The molecule has 0 spiro atoms. The molecule has 0 saturated carbocycles. The van der Waals surface area contributed by atoms with E-state index < -0.39 is 0 Å². The first-order valence-electron chi connectivity index (χ1n) is 6.12. The van der Waals surface area contributed by atoms with Crippen molar-refractivity contribution in [3.05, 3.63) is 5.82 Å². The predicted octanol–water partition coefficient (Wildman–Crippen LogP) is 1.31. The number of thioether (sulfide) groups is 1. The molecular weight excluding hydrogens is 234 g/mol. The van der Waals surface area contributed by atoms with Crippen LogP contribution in [0.4, 0.5) is 0 Å². The Kier molecular flexibility index (Phi) is 4.04. The Morgan fingerprint density at radius 2 is 2.29 bits per heavy atom. The largest absolute Gasteiger partial charge is 0.305 e. The van der Waals surface area contributed by atoms with Crippen LogP contribution < -0.4 is 5.32 Å². The molecule has 1 aliphatic rings. The van der Waals surface area contributed by atoms with Crippen molar-refractivity contribution >= 4 is 11.8 Å². The Hall–Kier alpha value is -0.620. The number of tetrazole rings is 1. The van der Waals surface area contributed by atoms with Crippen LogP contribution in [-0.4, -0.2) is 37.3 Å². The molecule has 0 bridgehead atoms. The first kappa shape index (κ1) is 12.8. The zero-order chi connectivity index (χ0) is 12.3. The molecule has 0 radical (unpaired) electrons. The van der Waals surface area contributed by atoms with Crippen molar-refractivity contribution in [2.75, 3.05) is 11.5 Å². The Labute approximate surface area is 107 Å². The molecule has 6 heteroatoms. The van der Waals surface area contributed by atoms with Gasteiger partial charge in [0.05, 0.1) is 6.54 Å². The van der Waals surface area contributed by atoms with Gasteiger partial charge in [0.1, 0.15) is 0 Å². The summed E-state index contributed by atoms with van der Waals surface area (Å²) >= 11 is 2.03. The molecule has 1 aromatic heterocycles. The number of nitrogens with one attached hydrogen (secondary N) is 1. The lowest BCUT2D eigenvalue weighted by atomic mass is 10.1. The molecule has 0 amide bonds. The summed E-state index contributed by atoms with van der Waals surface area (Å²) in [5.74, 6) is 4.20. The van der Waals surface area contributed by atoms with Crippen LogP contribution >= 0.6 is 11.8 Å². The van der Waals surface area contributed by atoms with Crippen molar-refractivity contribution < 1.29 is 0 Å². The molecule has 1 atom stereocenters. The third kappa shape index (κ3) is 3.96. The fourth-order valence-corrected chi connectivity index (χ4v) is 3.08. The lowest BCUT2D eigenvalue weighted by Crippen LogP contribution is -2.36. The molecule has 0 aliphatic carbocycles. The number of rotatable bonds is 4. The minimum atomic E-state index is 0.0972. The average molecular weight is 255 g/mol. The zero-order valence-electron chi connectivity index (χ0n) is 10.8. The molecular formula is C11H21N5S. The van der Waals surface area contributed by atoms with E-state index in [1.165, 1.54) is 17.9 Å². The van der Waals surface area contributed by atoms with E-state index in [2.05, 4.69) is 41.6 Å². The lowest BCUT2D eigenvalue weighted by molar-refractivity contribution is 0.391. The molecule has 0 aromatic carbocycles. The van der Waals surface area contributed by atoms with Crippen molar-refractivity contribution in [3.8, 4) is 0 Å². The molecule has 1 aliphatic heterocycles. The predicted molar refractivity (Wildman–Crippen MR) is 69.8 cm³/mol. The Morgan fingerprint density at radius 3 is 2.94 bits per heavy atom. The fourth-order valence-electron chi connectivity index (χ4n) is 1.81. The van der Waals surface area contributed by atoms with Crippen LogP contribution in [0.15, 0.2) is 0 Å². The van der Waals surface area contributed by atoms with Gasteiger partial charge in [-0.25, -0.2) is 4.68 Å². The molecule has 1 aromatic rings. The molecule has 1 fully saturated rings. The van der Waals surface area contributed by atoms with Gasteiger partial charge in [-0.05, 0) is 55.0 Å². The normalized spacial score (nSPS) is 21.0. The van der Waals surface area contributed by atoms with Crippen LogP contribution in [0.5, 0.6) is 0 Å². The SMILES string of the molecule is CC(C)(C)NCc1nnnn1CC1CCSC1. The minimum Gasteiger partial charge on any atom is -0.305 e. The number of hydrogen-bond acceptors (Lipinski definition) is 5. The Balaban J connectivity index is 1.91. The van der Waals surface area contributed by atoms with Crippen molar-refractivity contribution in [2.24, 2.45) is 5.92 Å². The summed E-state index contributed by atoms with van der Waals surface area (Å²) in [6.45, 7) is 8.13. The van der Waals surface area contributed by atoms with Crippen LogP contribution in [-0.2, 0) is 13.1 Å². The van der Waals surface area contributed by atoms with Crippen molar-refractivity contribution in [1.82, 2.24) is 25.5 Å². The van der Waals surface area contributed by atoms with E-state index in [4.69, 9.17) is 0 Å². The third-order valence-electron chi connectivity index (χ3n) is 2.84. The van der Waals surface area contributed by atoms with E-state index in [1.54, 1.807) is 0 Å². The highest BCUT2D eigenvalue weighted by molar-refractivity contribution is 7.99. The van der Waals surface area contributed by atoms with Crippen molar-refractivity contribution in [1.29, 1.82) is 0 Å². The fraction of sp³-hybridized carbons (Fsp3) is 0.909. The summed E-state index contributed by atoms with van der Waals surface area (Å²) in [5.41, 5.74) is 0.0972. The summed E-state index contributed by atoms with van der Waals surface area (Å²) in [6, 6.07) is 0. The van der Waals surface area contributed by atoms with Crippen LogP contribution in [0.1, 0.15) is 33.0 Å². The van der Waals surface area contributed by atoms with Gasteiger partial charge in [-0.3, -0.25) is 0 Å². The van der Waals surface area contributed by atoms with Gasteiger partial charge in [0.25, 0.3) is 0 Å². The summed E-state index contributed by atoms with van der Waals surface area (Å²) in [5, 5.41) is 15.4. The van der Waals surface area contributed by atoms with Crippen LogP contribution in [0.25, 0.3) is 0 Å². The molecule has 1 N–H and O–H groups in total. The highest BCUT2D eigenvalue weighted by Gasteiger charge is 2.19. The number of aromatic nitrogens is 4. The van der Waals surface area contributed by atoms with E-state index in [0.29, 0.717) is 0 Å². The van der Waals surface area contributed by atoms with Crippen LogP contribution in [0.3, 0.4) is 0 Å². The Bertz CT molecular complexity index is 351. The van der Waals surface area contributed by atoms with Crippen molar-refractivity contribution in [2.45, 2.75) is 45.8 Å². The van der Waals surface area contributed by atoms with Gasteiger partial charge in [0, 0.05) is 12.1 Å². The summed E-state index contributed by atoms with van der Waals surface area (Å²) in [4.78, 5) is 0. The number of nitrogens with zero attached hydrogens (tertiary/aromatic N) is 4. The first-order chi connectivity index (χ1) is 8.04. The molecule has 96 valence electrons. The maximum absolute atomic E-state index is 4.09. The summed E-state index contributed by atoms with van der Waals surface area (Å²) in [6.07, 6.45) is 1.29. The summed E-state index contributed by atoms with van der Waals surface area (Å²) < 4.78 is 1.95. The number of hydrogen-bond donors (Lipinski definition) is 1. The molecule has 2 rings (SSSR count). The maximum atomic E-state index is 4.09. The van der Waals surface area contributed by atoms with E-state index in [9.17, 15) is 0 Å². The van der Waals surface area contributed by atoms with Gasteiger partial charge in [-0.2, -0.15) is 11.8 Å². The van der Waals surface area contributed by atoms with E-state index in [1.807, 2.05) is 16.4 Å². The molecule has 2 heterocycles. The van der Waals surface area contributed by atoms with Gasteiger partial charge in [-0.15, -0.1) is 5.10 Å². The molecule has 5 nitrogen and oxygen atoms in total. The van der Waals surface area contributed by atoms with Gasteiger partial charge in [0.2, 0.25) is 0 Å². The monoisotopic (exact) mass is 255 g/mol. The van der Waals surface area contributed by atoms with Crippen molar-refractivity contribution in [3.63, 3.8) is 0 Å². The van der Waals surface area contributed by atoms with Crippen LogP contribution in [0, 0.1) is 5.92 Å². The summed E-state index contributed by atoms with van der Waals surface area (Å²) in [7, 11) is 0. The van der Waals surface area contributed by atoms with E-state index in [-0.39, 0.29) is 5.54 Å². The Morgan fingerprint density at radius 1 is 1.47 bits per heavy atom. The van der Waals surface area contributed by atoms with E-state index >= 15 is 0 Å². The van der Waals surface area contributed by atoms with Gasteiger partial charge < -0.3 is 5.32 Å². The second-order valence-corrected chi connectivity index (χ2v) is 6.76. The first-order valence-corrected chi connectivity index (χ1v) is 7.28. The quantitative estimate of drug-likeness (QED) is 0.879. The average Bonchev–Trinajstić information content (AvgIpc) is 2.86. The second-order valence-electron chi connectivity index (χ2n) is 5.61. The molecule has 1 saturated heterocycles. The smallest absolute Gasteiger partial charge is 0.165 e. The van der Waals surface area contributed by atoms with Gasteiger partial charge >= 0.3 is 0 Å². The zero-order valence-corrected chi connectivity index (χ0v) is 11.6. The van der Waals surface area contributed by atoms with Crippen LogP contribution in [0.2, 0.25) is 0 Å². The second kappa shape index (κ2) is 5.35. The van der Waals surface area contributed by atoms with Gasteiger partial charge in [0.15, 0.2) is 5.82 Å². The maximum Gasteiger partial charge on any atom is 0.165 e. The topological polar surface area (TPSA) is 55.6 Å².